The van der Waals surface area contributed by atoms with Gasteiger partial charge in [-0.2, -0.15) is 0 Å². The maximum absolute atomic E-state index is 12.7. The number of amides is 4. The monoisotopic (exact) mass is 870 g/mol. The third kappa shape index (κ3) is 29.8. The van der Waals surface area contributed by atoms with Crippen molar-refractivity contribution in [3.05, 3.63) is 34.9 Å². The average Bonchev–Trinajstić information content (AvgIpc) is 3.22. The van der Waals surface area contributed by atoms with Gasteiger partial charge in [-0.1, -0.05) is 36.6 Å². The Hall–Kier alpha value is -5.02. The molecule has 0 rings (SSSR count). The van der Waals surface area contributed by atoms with Crippen molar-refractivity contribution in [2.45, 2.75) is 137 Å². The van der Waals surface area contributed by atoms with E-state index in [9.17, 15) is 48.8 Å². The highest BCUT2D eigenvalue weighted by atomic mass is 16.5. The minimum Gasteiger partial charge on any atom is -0.464 e. The Labute approximate surface area is 359 Å². The van der Waals surface area contributed by atoms with Crippen LogP contribution < -0.4 is 16.8 Å². The van der Waals surface area contributed by atoms with E-state index in [4.69, 9.17) is 30.9 Å². The van der Waals surface area contributed by atoms with Crippen molar-refractivity contribution in [2.24, 2.45) is 11.5 Å². The first-order valence-electron chi connectivity index (χ1n) is 20.5. The second kappa shape index (κ2) is 34.7. The number of hydroxylamine groups is 6. The van der Waals surface area contributed by atoms with Crippen molar-refractivity contribution in [3.8, 4) is 0 Å². The number of esters is 3. The standard InChI is InChI=1S/C39H64N6O14.C2H6/c1-6-27(2)15-21-59-39(53)33(42-34(48)14-13-30(5)47)12-9-20-45(56)36(50)25-29(4)17-23-58-38(52)32(41)11-8-19-44(55)35(49)24-28(3)16-22-57-37(51)31(40)10-7-18-43(54)26-46;1-2/h6,24-26,31-33,54-56H,7-23,40-41H2,1-5H3,(H,42,48);1-2H3/b27-6-,28-24-,29-25-;. The largest absolute Gasteiger partial charge is 0.464 e. The van der Waals surface area contributed by atoms with Gasteiger partial charge in [-0.3, -0.25) is 44.4 Å². The fraction of sp³-hybridized carbons (Fsp3) is 0.659. The van der Waals surface area contributed by atoms with E-state index in [1.165, 1.54) is 13.0 Å². The summed E-state index contributed by atoms with van der Waals surface area (Å²) in [7, 11) is 0. The zero-order chi connectivity index (χ0) is 46.9. The second-order valence-corrected chi connectivity index (χ2v) is 14.0. The normalized spacial score (nSPS) is 13.0. The highest BCUT2D eigenvalue weighted by Crippen LogP contribution is 2.09. The molecule has 0 fully saturated rings. The highest BCUT2D eigenvalue weighted by molar-refractivity contribution is 5.88. The Morgan fingerprint density at radius 2 is 1.02 bits per heavy atom. The van der Waals surface area contributed by atoms with Crippen LogP contribution in [0.4, 0.5) is 0 Å². The van der Waals surface area contributed by atoms with Crippen molar-refractivity contribution < 1.29 is 68.2 Å². The number of Topliss-reactive ketones (excluding diaryl/α,β-unsaturated/α-hetero) is 1. The Morgan fingerprint density at radius 3 is 1.44 bits per heavy atom. The van der Waals surface area contributed by atoms with E-state index in [0.29, 0.717) is 32.8 Å². The van der Waals surface area contributed by atoms with E-state index in [1.54, 1.807) is 13.8 Å². The maximum atomic E-state index is 12.7. The summed E-state index contributed by atoms with van der Waals surface area (Å²) in [4.78, 5) is 95.9. The van der Waals surface area contributed by atoms with E-state index < -0.39 is 53.8 Å². The van der Waals surface area contributed by atoms with Gasteiger partial charge >= 0.3 is 17.9 Å². The van der Waals surface area contributed by atoms with E-state index in [0.717, 1.165) is 11.6 Å². The predicted molar refractivity (Wildman–Crippen MR) is 222 cm³/mol. The summed E-state index contributed by atoms with van der Waals surface area (Å²) in [5.41, 5.74) is 13.6. The Bertz CT molecular complexity index is 1480. The van der Waals surface area contributed by atoms with Crippen LogP contribution in [0.1, 0.15) is 119 Å². The van der Waals surface area contributed by atoms with Gasteiger partial charge in [0, 0.05) is 63.9 Å². The summed E-state index contributed by atoms with van der Waals surface area (Å²) in [5.74, 6) is -4.25. The number of carbonyl (C=O) groups excluding carboxylic acids is 8. The molecule has 3 unspecified atom stereocenters. The van der Waals surface area contributed by atoms with Crippen molar-refractivity contribution in [2.75, 3.05) is 39.5 Å². The first kappa shape index (κ1) is 58.1. The van der Waals surface area contributed by atoms with Crippen LogP contribution in [0.3, 0.4) is 0 Å². The number of hydrogen-bond donors (Lipinski definition) is 6. The zero-order valence-electron chi connectivity index (χ0n) is 36.9. The molecule has 0 heterocycles. The molecule has 0 saturated carbocycles. The van der Waals surface area contributed by atoms with Crippen molar-refractivity contribution in [3.63, 3.8) is 0 Å². The number of nitrogens with two attached hydrogens (primary N) is 2. The number of nitrogens with one attached hydrogen (secondary N) is 1. The van der Waals surface area contributed by atoms with Gasteiger partial charge in [0.1, 0.15) is 23.9 Å². The fourth-order valence-electron chi connectivity index (χ4n) is 4.80. The number of allylic oxidation sites excluding steroid dienone is 1. The van der Waals surface area contributed by atoms with E-state index in [1.807, 2.05) is 33.8 Å². The molecule has 0 aromatic heterocycles. The molecule has 0 bridgehead atoms. The van der Waals surface area contributed by atoms with Crippen LogP contribution in [0, 0.1) is 0 Å². The first-order chi connectivity index (χ1) is 28.8. The lowest BCUT2D eigenvalue weighted by molar-refractivity contribution is -0.160. The molecular weight excluding hydrogens is 800 g/mol. The van der Waals surface area contributed by atoms with Crippen molar-refractivity contribution >= 4 is 47.8 Å². The summed E-state index contributed by atoms with van der Waals surface area (Å²) < 4.78 is 15.6. The maximum Gasteiger partial charge on any atom is 0.328 e. The van der Waals surface area contributed by atoms with E-state index >= 15 is 0 Å². The summed E-state index contributed by atoms with van der Waals surface area (Å²) in [6, 6.07) is -3.05. The molecule has 0 aliphatic carbocycles. The summed E-state index contributed by atoms with van der Waals surface area (Å²) in [6.07, 6.45) is 6.10. The number of carbonyl (C=O) groups is 8. The molecule has 3 atom stereocenters. The van der Waals surface area contributed by atoms with Gasteiger partial charge in [0.2, 0.25) is 12.3 Å². The average molecular weight is 871 g/mol. The summed E-state index contributed by atoms with van der Waals surface area (Å²) in [5, 5.41) is 33.4. The quantitative estimate of drug-likeness (QED) is 0.0111. The Morgan fingerprint density at radius 1 is 0.607 bits per heavy atom. The molecule has 20 heteroatoms. The second-order valence-electron chi connectivity index (χ2n) is 14.0. The number of ketones is 1. The molecule has 20 nitrogen and oxygen atoms in total. The molecule has 8 N–H and O–H groups in total. The minimum absolute atomic E-state index is 0.0151. The van der Waals surface area contributed by atoms with Crippen LogP contribution in [-0.2, 0) is 52.6 Å². The Balaban J connectivity index is 0. The van der Waals surface area contributed by atoms with Gasteiger partial charge in [-0.15, -0.1) is 0 Å². The number of rotatable bonds is 31. The minimum atomic E-state index is -1.05. The fourth-order valence-corrected chi connectivity index (χ4v) is 4.80. The van der Waals surface area contributed by atoms with Crippen LogP contribution >= 0.6 is 0 Å². The van der Waals surface area contributed by atoms with E-state index in [-0.39, 0.29) is 116 Å². The molecule has 0 spiro atoms. The third-order valence-electron chi connectivity index (χ3n) is 8.66. The highest BCUT2D eigenvalue weighted by Gasteiger charge is 2.23. The van der Waals surface area contributed by atoms with Gasteiger partial charge in [-0.05, 0) is 73.1 Å². The first-order valence-corrected chi connectivity index (χ1v) is 20.5. The van der Waals surface area contributed by atoms with Gasteiger partial charge in [-0.25, -0.2) is 20.0 Å². The molecule has 348 valence electrons. The SMILES string of the molecule is C/C=C(/C)CCOC(=O)C(CCCN(O)C(=O)/C=C(/C)CCOC(=O)C(N)CCCN(O)C(=O)/C=C(/C)CCOC(=O)C(N)CCCN(O)C=O)NC(=O)CCC(C)=O.CC. The number of ether oxygens (including phenoxy) is 3. The molecule has 0 aromatic rings. The van der Waals surface area contributed by atoms with Crippen molar-refractivity contribution in [1.29, 1.82) is 0 Å². The smallest absolute Gasteiger partial charge is 0.328 e. The summed E-state index contributed by atoms with van der Waals surface area (Å²) in [6.45, 7) is 11.9. The topological polar surface area (TPSA) is 299 Å². The third-order valence-corrected chi connectivity index (χ3v) is 8.66. The van der Waals surface area contributed by atoms with Crippen LogP contribution in [0.15, 0.2) is 34.9 Å². The van der Waals surface area contributed by atoms with Gasteiger partial charge in [0.15, 0.2) is 0 Å². The van der Waals surface area contributed by atoms with Crippen LogP contribution in [0.2, 0.25) is 0 Å². The van der Waals surface area contributed by atoms with Crippen LogP contribution in [0.25, 0.3) is 0 Å². The zero-order valence-corrected chi connectivity index (χ0v) is 36.9. The van der Waals surface area contributed by atoms with Crippen LogP contribution in [0.5, 0.6) is 0 Å². The summed E-state index contributed by atoms with van der Waals surface area (Å²) >= 11 is 0. The van der Waals surface area contributed by atoms with Crippen LogP contribution in [-0.4, -0.2) is 136 Å². The lowest BCUT2D eigenvalue weighted by atomic mass is 10.1. The molecule has 0 saturated heterocycles. The molecule has 0 aromatic carbocycles. The molecule has 0 aliphatic heterocycles. The van der Waals surface area contributed by atoms with Gasteiger partial charge in [0.05, 0.1) is 19.8 Å². The molecule has 0 radical (unpaired) electrons. The number of nitrogens with zero attached hydrogens (tertiary/aromatic N) is 3. The lowest BCUT2D eigenvalue weighted by Gasteiger charge is -2.19. The van der Waals surface area contributed by atoms with Gasteiger partial charge in [0.25, 0.3) is 11.8 Å². The Kier molecular flexibility index (Phi) is 33.0. The molecule has 4 amide bonds. The predicted octanol–water partition coefficient (Wildman–Crippen LogP) is 2.80. The van der Waals surface area contributed by atoms with Gasteiger partial charge < -0.3 is 35.8 Å². The molecule has 0 aliphatic rings. The lowest BCUT2D eigenvalue weighted by Crippen LogP contribution is -2.42. The van der Waals surface area contributed by atoms with E-state index in [2.05, 4.69) is 5.32 Å². The molecule has 61 heavy (non-hydrogen) atoms. The number of hydrogen-bond acceptors (Lipinski definition) is 16. The van der Waals surface area contributed by atoms with Crippen molar-refractivity contribution in [1.82, 2.24) is 20.5 Å². The molecular formula is C41H70N6O14.